The normalized spacial score (nSPS) is 44.2. The van der Waals surface area contributed by atoms with E-state index in [1.165, 1.54) is 0 Å². The smallest absolute Gasteiger partial charge is 0.241 e. The number of allylic oxidation sites excluding steroid dienone is 1. The first-order chi connectivity index (χ1) is 4.44. The number of halogens is 4. The fourth-order valence-electron chi connectivity index (χ4n) is 0.833. The highest BCUT2D eigenvalue weighted by Gasteiger charge is 2.69. The lowest BCUT2D eigenvalue weighted by Gasteiger charge is -2.42. The topological polar surface area (TPSA) is 0 Å². The van der Waals surface area contributed by atoms with Crippen LogP contribution in [0, 0.1) is 6.58 Å². The van der Waals surface area contributed by atoms with Crippen LogP contribution in [0.5, 0.6) is 0 Å². The largest absolute Gasteiger partial charge is 0.315 e. The molecule has 1 aliphatic rings. The van der Waals surface area contributed by atoms with Gasteiger partial charge < -0.3 is 0 Å². The van der Waals surface area contributed by atoms with Gasteiger partial charge in [0.05, 0.1) is 0 Å². The Morgan fingerprint density at radius 2 is 1.90 bits per heavy atom. The van der Waals surface area contributed by atoms with Gasteiger partial charge in [0.15, 0.2) is 11.8 Å². The van der Waals surface area contributed by atoms with E-state index in [4.69, 9.17) is 0 Å². The lowest BCUT2D eigenvalue weighted by atomic mass is 9.76. The van der Waals surface area contributed by atoms with Crippen molar-refractivity contribution in [3.05, 3.63) is 12.7 Å². The van der Waals surface area contributed by atoms with Crippen LogP contribution in [0.2, 0.25) is 0 Å². The van der Waals surface area contributed by atoms with Crippen LogP contribution >= 0.6 is 0 Å². The van der Waals surface area contributed by atoms with Crippen LogP contribution in [-0.2, 0) is 0 Å². The summed E-state index contributed by atoms with van der Waals surface area (Å²) in [4.78, 5) is 0. The van der Waals surface area contributed by atoms with Gasteiger partial charge in [-0.1, -0.05) is 6.58 Å². The van der Waals surface area contributed by atoms with Gasteiger partial charge in [0.25, 0.3) is 0 Å². The van der Waals surface area contributed by atoms with E-state index in [2.05, 4.69) is 6.58 Å². The van der Waals surface area contributed by atoms with Crippen LogP contribution in [0.4, 0.5) is 17.6 Å². The Morgan fingerprint density at radius 3 is 2.00 bits per heavy atom. The fraction of sp³-hybridized carbons (Fsp3) is 0.667. The number of alkyl halides is 4. The predicted molar refractivity (Wildman–Crippen MR) is 27.2 cm³/mol. The van der Waals surface area contributed by atoms with Gasteiger partial charge in [0, 0.05) is 6.42 Å². The lowest BCUT2D eigenvalue weighted by molar-refractivity contribution is -0.237. The molecule has 0 aromatic rings. The van der Waals surface area contributed by atoms with Crippen LogP contribution in [0.3, 0.4) is 0 Å². The summed E-state index contributed by atoms with van der Waals surface area (Å²) in [6.07, 6.45) is -3.02. The molecule has 0 heterocycles. The SMILES string of the molecule is [CH]=CC1(F)CC(F)C1(F)F. The molecule has 1 saturated carbocycles. The van der Waals surface area contributed by atoms with Crippen molar-refractivity contribution in [1.29, 1.82) is 0 Å². The maximum Gasteiger partial charge on any atom is 0.315 e. The van der Waals surface area contributed by atoms with Gasteiger partial charge in [-0.2, -0.15) is 8.78 Å². The average Bonchev–Trinajstić information content (AvgIpc) is 1.88. The van der Waals surface area contributed by atoms with E-state index >= 15 is 0 Å². The van der Waals surface area contributed by atoms with Gasteiger partial charge in [0.2, 0.25) is 0 Å². The molecular formula is C6H5F4. The summed E-state index contributed by atoms with van der Waals surface area (Å²) < 4.78 is 48.6. The molecule has 2 unspecified atom stereocenters. The van der Waals surface area contributed by atoms with Crippen molar-refractivity contribution in [3.8, 4) is 0 Å². The van der Waals surface area contributed by atoms with Crippen molar-refractivity contribution in [2.45, 2.75) is 24.2 Å². The highest BCUT2D eigenvalue weighted by atomic mass is 19.3. The van der Waals surface area contributed by atoms with Gasteiger partial charge in [-0.25, -0.2) is 8.78 Å². The molecule has 0 nitrogen and oxygen atoms in total. The highest BCUT2D eigenvalue weighted by molar-refractivity contribution is 5.18. The molecule has 4 heteroatoms. The van der Waals surface area contributed by atoms with Crippen LogP contribution in [0.25, 0.3) is 0 Å². The third-order valence-corrected chi connectivity index (χ3v) is 1.69. The second kappa shape index (κ2) is 1.74. The minimum absolute atomic E-state index is 0.211. The second-order valence-electron chi connectivity index (χ2n) is 2.32. The first kappa shape index (κ1) is 7.57. The molecule has 0 amide bonds. The zero-order chi connectivity index (χ0) is 7.99. The summed E-state index contributed by atoms with van der Waals surface area (Å²) in [6.45, 7) is 4.56. The van der Waals surface area contributed by atoms with E-state index in [0.29, 0.717) is 0 Å². The Balaban J connectivity index is 2.80. The van der Waals surface area contributed by atoms with E-state index in [1.807, 2.05) is 0 Å². The predicted octanol–water partition coefficient (Wildman–Crippen LogP) is 2.06. The molecule has 1 aliphatic carbocycles. The van der Waals surface area contributed by atoms with E-state index < -0.39 is 24.2 Å². The van der Waals surface area contributed by atoms with Crippen molar-refractivity contribution < 1.29 is 17.6 Å². The zero-order valence-corrected chi connectivity index (χ0v) is 4.95. The Hall–Kier alpha value is -0.540. The minimum atomic E-state index is -3.93. The third-order valence-electron chi connectivity index (χ3n) is 1.69. The molecule has 0 N–H and O–H groups in total. The van der Waals surface area contributed by atoms with Gasteiger partial charge >= 0.3 is 5.92 Å². The summed E-state index contributed by atoms with van der Waals surface area (Å²) in [6, 6.07) is 0. The summed E-state index contributed by atoms with van der Waals surface area (Å²) >= 11 is 0. The monoisotopic (exact) mass is 153 g/mol. The standard InChI is InChI=1S/C6H5F4/c1-2-5(8)3-4(7)6(5,9)10/h1-2,4H,3H2. The number of rotatable bonds is 1. The highest BCUT2D eigenvalue weighted by Crippen LogP contribution is 2.52. The molecule has 1 fully saturated rings. The maximum absolute atomic E-state index is 12.5. The molecule has 2 atom stereocenters. The first-order valence-corrected chi connectivity index (χ1v) is 2.71. The van der Waals surface area contributed by atoms with Gasteiger partial charge in [-0.15, -0.1) is 0 Å². The molecule has 0 aromatic heterocycles. The van der Waals surface area contributed by atoms with Crippen molar-refractivity contribution in [3.63, 3.8) is 0 Å². The van der Waals surface area contributed by atoms with Crippen molar-refractivity contribution in [1.82, 2.24) is 0 Å². The van der Waals surface area contributed by atoms with E-state index in [0.717, 1.165) is 0 Å². The average molecular weight is 153 g/mol. The van der Waals surface area contributed by atoms with Crippen LogP contribution in [0.15, 0.2) is 6.08 Å². The summed E-state index contributed by atoms with van der Waals surface area (Å²) in [5.41, 5.74) is -2.92. The first-order valence-electron chi connectivity index (χ1n) is 2.71. The van der Waals surface area contributed by atoms with E-state index in [1.54, 1.807) is 0 Å². The molecule has 0 aromatic carbocycles. The minimum Gasteiger partial charge on any atom is -0.241 e. The molecule has 1 rings (SSSR count). The van der Waals surface area contributed by atoms with Gasteiger partial charge in [-0.05, 0) is 6.08 Å². The summed E-state index contributed by atoms with van der Waals surface area (Å²) in [5, 5.41) is 0. The molecule has 0 spiro atoms. The van der Waals surface area contributed by atoms with Crippen LogP contribution in [0.1, 0.15) is 6.42 Å². The number of hydrogen-bond donors (Lipinski definition) is 0. The Bertz CT molecular complexity index is 165. The van der Waals surface area contributed by atoms with Crippen LogP contribution < -0.4 is 0 Å². The quantitative estimate of drug-likeness (QED) is 0.506. The zero-order valence-electron chi connectivity index (χ0n) is 4.95. The molecule has 10 heavy (non-hydrogen) atoms. The molecule has 0 aliphatic heterocycles. The van der Waals surface area contributed by atoms with Crippen LogP contribution in [-0.4, -0.2) is 17.8 Å². The maximum atomic E-state index is 12.5. The molecule has 57 valence electrons. The second-order valence-corrected chi connectivity index (χ2v) is 2.32. The Kier molecular flexibility index (Phi) is 1.31. The Morgan fingerprint density at radius 1 is 1.40 bits per heavy atom. The molecule has 0 bridgehead atoms. The molecule has 1 radical (unpaired) electrons. The fourth-order valence-corrected chi connectivity index (χ4v) is 0.833. The molecular weight excluding hydrogens is 148 g/mol. The molecule has 0 saturated heterocycles. The lowest BCUT2D eigenvalue weighted by Crippen LogP contribution is -2.61. The van der Waals surface area contributed by atoms with Crippen molar-refractivity contribution in [2.24, 2.45) is 0 Å². The number of hydrogen-bond acceptors (Lipinski definition) is 0. The third kappa shape index (κ3) is 0.617. The van der Waals surface area contributed by atoms with Crippen molar-refractivity contribution in [2.75, 3.05) is 0 Å². The van der Waals surface area contributed by atoms with Crippen molar-refractivity contribution >= 4 is 0 Å². The summed E-state index contributed by atoms with van der Waals surface area (Å²) in [5.74, 6) is -3.93. The summed E-state index contributed by atoms with van der Waals surface area (Å²) in [7, 11) is 0. The van der Waals surface area contributed by atoms with E-state index in [9.17, 15) is 17.6 Å². The van der Waals surface area contributed by atoms with E-state index in [-0.39, 0.29) is 6.08 Å². The Labute approximate surface area is 55.5 Å². The van der Waals surface area contributed by atoms with Gasteiger partial charge in [0.1, 0.15) is 0 Å². The van der Waals surface area contributed by atoms with Gasteiger partial charge in [-0.3, -0.25) is 0 Å².